The van der Waals surface area contributed by atoms with Crippen molar-refractivity contribution in [2.45, 2.75) is 43.6 Å². The van der Waals surface area contributed by atoms with Gasteiger partial charge in [0.1, 0.15) is 0 Å². The number of aryl methyl sites for hydroxylation is 2. The maximum atomic E-state index is 11.0. The number of rotatable bonds is 7. The SMILES string of the molecule is CCOC(CCSc1ccc2c(c1)CCC2)C(=O)O. The molecule has 1 unspecified atom stereocenters. The number of carboxylic acid groups (broad SMARTS) is 1. The van der Waals surface area contributed by atoms with Crippen LogP contribution in [0.25, 0.3) is 0 Å². The minimum atomic E-state index is -0.864. The van der Waals surface area contributed by atoms with Gasteiger partial charge in [0.25, 0.3) is 0 Å². The fourth-order valence-corrected chi connectivity index (χ4v) is 3.36. The van der Waals surface area contributed by atoms with Crippen LogP contribution in [-0.4, -0.2) is 29.5 Å². The quantitative estimate of drug-likeness (QED) is 0.779. The van der Waals surface area contributed by atoms with E-state index in [-0.39, 0.29) is 0 Å². The zero-order valence-corrected chi connectivity index (χ0v) is 12.0. The number of benzene rings is 1. The normalized spacial score (nSPS) is 15.2. The minimum Gasteiger partial charge on any atom is -0.479 e. The molecular formula is C15H20O3S. The lowest BCUT2D eigenvalue weighted by molar-refractivity contribution is -0.150. The predicted molar refractivity (Wildman–Crippen MR) is 76.9 cm³/mol. The number of aliphatic carboxylic acids is 1. The van der Waals surface area contributed by atoms with Crippen molar-refractivity contribution >= 4 is 17.7 Å². The van der Waals surface area contributed by atoms with Crippen molar-refractivity contribution in [2.75, 3.05) is 12.4 Å². The standard InChI is InChI=1S/C15H20O3S/c1-2-18-14(15(16)17)8-9-19-13-7-6-11-4-3-5-12(11)10-13/h6-7,10,14H,2-5,8-9H2,1H3,(H,16,17). The van der Waals surface area contributed by atoms with Crippen LogP contribution in [0.5, 0.6) is 0 Å². The summed E-state index contributed by atoms with van der Waals surface area (Å²) in [6.45, 7) is 2.27. The van der Waals surface area contributed by atoms with E-state index in [1.807, 2.05) is 6.92 Å². The Bertz CT molecular complexity index is 445. The number of hydrogen-bond donors (Lipinski definition) is 1. The second-order valence-electron chi connectivity index (χ2n) is 4.70. The lowest BCUT2D eigenvalue weighted by Crippen LogP contribution is -2.24. The first-order chi connectivity index (χ1) is 9.20. The van der Waals surface area contributed by atoms with Crippen LogP contribution in [0.3, 0.4) is 0 Å². The Balaban J connectivity index is 1.83. The number of ether oxygens (including phenoxy) is 1. The van der Waals surface area contributed by atoms with Gasteiger partial charge in [-0.2, -0.15) is 0 Å². The van der Waals surface area contributed by atoms with E-state index < -0.39 is 12.1 Å². The lowest BCUT2D eigenvalue weighted by atomic mass is 10.1. The summed E-state index contributed by atoms with van der Waals surface area (Å²) >= 11 is 1.71. The van der Waals surface area contributed by atoms with E-state index in [1.165, 1.54) is 35.3 Å². The third-order valence-corrected chi connectivity index (χ3v) is 4.39. The summed E-state index contributed by atoms with van der Waals surface area (Å²) < 4.78 is 5.20. The molecule has 19 heavy (non-hydrogen) atoms. The van der Waals surface area contributed by atoms with Crippen LogP contribution >= 0.6 is 11.8 Å². The average molecular weight is 280 g/mol. The van der Waals surface area contributed by atoms with Crippen molar-refractivity contribution in [3.05, 3.63) is 29.3 Å². The van der Waals surface area contributed by atoms with E-state index in [4.69, 9.17) is 9.84 Å². The average Bonchev–Trinajstić information content (AvgIpc) is 2.85. The van der Waals surface area contributed by atoms with Gasteiger partial charge in [-0.25, -0.2) is 4.79 Å². The van der Waals surface area contributed by atoms with E-state index >= 15 is 0 Å². The van der Waals surface area contributed by atoms with Gasteiger partial charge in [0, 0.05) is 17.3 Å². The fraction of sp³-hybridized carbons (Fsp3) is 0.533. The Kier molecular flexibility index (Phi) is 5.28. The molecule has 0 spiro atoms. The molecule has 4 heteroatoms. The number of carboxylic acids is 1. The highest BCUT2D eigenvalue weighted by atomic mass is 32.2. The summed E-state index contributed by atoms with van der Waals surface area (Å²) in [6, 6.07) is 6.61. The molecule has 1 aromatic rings. The minimum absolute atomic E-state index is 0.445. The number of thioether (sulfide) groups is 1. The van der Waals surface area contributed by atoms with E-state index in [1.54, 1.807) is 11.8 Å². The summed E-state index contributed by atoms with van der Waals surface area (Å²) in [5.41, 5.74) is 2.94. The van der Waals surface area contributed by atoms with Gasteiger partial charge >= 0.3 is 5.97 Å². The van der Waals surface area contributed by atoms with E-state index in [0.717, 1.165) is 5.75 Å². The van der Waals surface area contributed by atoms with Crippen molar-refractivity contribution in [3.8, 4) is 0 Å². The number of hydrogen-bond acceptors (Lipinski definition) is 3. The van der Waals surface area contributed by atoms with E-state index in [0.29, 0.717) is 13.0 Å². The largest absolute Gasteiger partial charge is 0.479 e. The molecule has 0 bridgehead atoms. The van der Waals surface area contributed by atoms with Crippen LogP contribution in [0.15, 0.2) is 23.1 Å². The molecule has 1 aliphatic rings. The van der Waals surface area contributed by atoms with Crippen molar-refractivity contribution in [2.24, 2.45) is 0 Å². The van der Waals surface area contributed by atoms with Crippen molar-refractivity contribution in [1.29, 1.82) is 0 Å². The summed E-state index contributed by atoms with van der Waals surface area (Å²) in [7, 11) is 0. The van der Waals surface area contributed by atoms with Crippen LogP contribution in [-0.2, 0) is 22.4 Å². The number of carbonyl (C=O) groups is 1. The Hall–Kier alpha value is -1.00. The molecule has 1 aromatic carbocycles. The summed E-state index contributed by atoms with van der Waals surface area (Å²) in [5, 5.41) is 8.99. The van der Waals surface area contributed by atoms with E-state index in [2.05, 4.69) is 18.2 Å². The molecule has 0 saturated carbocycles. The van der Waals surface area contributed by atoms with Gasteiger partial charge in [0.05, 0.1) is 0 Å². The zero-order chi connectivity index (χ0) is 13.7. The monoisotopic (exact) mass is 280 g/mol. The summed E-state index contributed by atoms with van der Waals surface area (Å²) in [5.74, 6) is -0.0909. The first-order valence-electron chi connectivity index (χ1n) is 6.79. The van der Waals surface area contributed by atoms with Gasteiger partial charge in [0.2, 0.25) is 0 Å². The van der Waals surface area contributed by atoms with Crippen LogP contribution in [0.4, 0.5) is 0 Å². The molecule has 104 valence electrons. The summed E-state index contributed by atoms with van der Waals surface area (Å²) in [6.07, 6.45) is 3.51. The molecule has 1 N–H and O–H groups in total. The highest BCUT2D eigenvalue weighted by molar-refractivity contribution is 7.99. The molecule has 1 aliphatic carbocycles. The number of fused-ring (bicyclic) bond motifs is 1. The topological polar surface area (TPSA) is 46.5 Å². The van der Waals surface area contributed by atoms with Gasteiger partial charge in [-0.3, -0.25) is 0 Å². The molecule has 1 atom stereocenters. The summed E-state index contributed by atoms with van der Waals surface area (Å²) in [4.78, 5) is 12.2. The molecule has 0 radical (unpaired) electrons. The molecule has 0 aromatic heterocycles. The molecule has 3 nitrogen and oxygen atoms in total. The van der Waals surface area contributed by atoms with Gasteiger partial charge in [-0.15, -0.1) is 11.8 Å². The Morgan fingerprint density at radius 2 is 2.21 bits per heavy atom. The molecule has 0 heterocycles. The molecule has 0 saturated heterocycles. The van der Waals surface area contributed by atoms with Crippen molar-refractivity contribution < 1.29 is 14.6 Å². The van der Waals surface area contributed by atoms with Crippen molar-refractivity contribution in [1.82, 2.24) is 0 Å². The van der Waals surface area contributed by atoms with Crippen molar-refractivity contribution in [3.63, 3.8) is 0 Å². The third-order valence-electron chi connectivity index (χ3n) is 3.36. The van der Waals surface area contributed by atoms with Gasteiger partial charge < -0.3 is 9.84 Å². The Morgan fingerprint density at radius 1 is 1.42 bits per heavy atom. The van der Waals surface area contributed by atoms with E-state index in [9.17, 15) is 4.79 Å². The van der Waals surface area contributed by atoms with Crippen LogP contribution in [0, 0.1) is 0 Å². The molecule has 0 fully saturated rings. The molecule has 0 amide bonds. The lowest BCUT2D eigenvalue weighted by Gasteiger charge is -2.12. The highest BCUT2D eigenvalue weighted by Crippen LogP contribution is 2.28. The zero-order valence-electron chi connectivity index (χ0n) is 11.2. The first kappa shape index (κ1) is 14.4. The van der Waals surface area contributed by atoms with Gasteiger partial charge in [-0.05, 0) is 55.9 Å². The fourth-order valence-electron chi connectivity index (χ4n) is 2.40. The molecule has 2 rings (SSSR count). The van der Waals surface area contributed by atoms with Crippen LogP contribution < -0.4 is 0 Å². The van der Waals surface area contributed by atoms with Crippen LogP contribution in [0.1, 0.15) is 30.9 Å². The van der Waals surface area contributed by atoms with Gasteiger partial charge in [0.15, 0.2) is 6.10 Å². The van der Waals surface area contributed by atoms with Crippen LogP contribution in [0.2, 0.25) is 0 Å². The molecule has 0 aliphatic heterocycles. The second-order valence-corrected chi connectivity index (χ2v) is 5.87. The Labute approximate surface area is 118 Å². The maximum Gasteiger partial charge on any atom is 0.332 e. The second kappa shape index (κ2) is 6.96. The van der Waals surface area contributed by atoms with Gasteiger partial charge in [-0.1, -0.05) is 6.07 Å². The maximum absolute atomic E-state index is 11.0. The molecular weight excluding hydrogens is 260 g/mol. The first-order valence-corrected chi connectivity index (χ1v) is 7.78. The third kappa shape index (κ3) is 3.98. The predicted octanol–water partition coefficient (Wildman–Crippen LogP) is 3.15. The Morgan fingerprint density at radius 3 is 2.95 bits per heavy atom. The smallest absolute Gasteiger partial charge is 0.332 e. The highest BCUT2D eigenvalue weighted by Gasteiger charge is 2.17.